The van der Waals surface area contributed by atoms with E-state index in [0.29, 0.717) is 17.4 Å². The molecule has 0 fully saturated rings. The number of carbonyl (C=O) groups excluding carboxylic acids is 1. The number of halogens is 1. The van der Waals surface area contributed by atoms with Crippen LogP contribution in [-0.4, -0.2) is 18.9 Å². The van der Waals surface area contributed by atoms with Gasteiger partial charge in [-0.3, -0.25) is 4.79 Å². The number of fused-ring (bicyclic) bond motifs is 1. The minimum atomic E-state index is -3.93. The first-order valence-corrected chi connectivity index (χ1v) is 12.9. The number of nitrogens with zero attached hydrogens (tertiary/aromatic N) is 2. The Morgan fingerprint density at radius 2 is 1.39 bits per heavy atom. The molecule has 180 valence electrons. The van der Waals surface area contributed by atoms with Gasteiger partial charge < -0.3 is 9.47 Å². The lowest BCUT2D eigenvalue weighted by atomic mass is 10.2. The van der Waals surface area contributed by atoms with Crippen LogP contribution in [0.25, 0.3) is 10.9 Å². The molecule has 0 spiro atoms. The minimum Gasteiger partial charge on any atom is -0.337 e. The largest absolute Gasteiger partial charge is 0.337 e. The minimum absolute atomic E-state index is 0.00637. The fourth-order valence-electron chi connectivity index (χ4n) is 4.23. The zero-order valence-corrected chi connectivity index (χ0v) is 20.1. The van der Waals surface area contributed by atoms with E-state index < -0.39 is 15.7 Å². The van der Waals surface area contributed by atoms with Crippen molar-refractivity contribution in [2.24, 2.45) is 0 Å². The summed E-state index contributed by atoms with van der Waals surface area (Å²) in [4.78, 5) is 15.4. The summed E-state index contributed by atoms with van der Waals surface area (Å²) >= 11 is 0. The fraction of sp³-hybridized carbons (Fsp3) is 0.0690. The maximum absolute atomic E-state index is 13.6. The van der Waals surface area contributed by atoms with Crippen LogP contribution in [0.5, 0.6) is 0 Å². The second-order valence-electron chi connectivity index (χ2n) is 8.40. The van der Waals surface area contributed by atoms with Gasteiger partial charge in [0.15, 0.2) is 0 Å². The summed E-state index contributed by atoms with van der Waals surface area (Å²) < 4.78 is 41.9. The standard InChI is InChI=1S/C29H23FN2O3S/c30-23-15-17-25(18-16-23)36(34,35)28-20-31(27-14-8-7-13-26(27)28)21-29(33)32(24-11-5-2-6-12-24)19-22-9-3-1-4-10-22/h1-18,20H,19,21H2. The van der Waals surface area contributed by atoms with Crippen molar-refractivity contribution in [3.63, 3.8) is 0 Å². The first-order valence-electron chi connectivity index (χ1n) is 11.4. The normalized spacial score (nSPS) is 11.5. The molecule has 36 heavy (non-hydrogen) atoms. The molecule has 0 saturated carbocycles. The van der Waals surface area contributed by atoms with Gasteiger partial charge in [-0.1, -0.05) is 66.7 Å². The predicted octanol–water partition coefficient (Wildman–Crippen LogP) is 5.85. The molecular formula is C29H23FN2O3S. The van der Waals surface area contributed by atoms with Gasteiger partial charge in [-0.25, -0.2) is 12.8 Å². The maximum Gasteiger partial charge on any atom is 0.247 e. The van der Waals surface area contributed by atoms with E-state index in [2.05, 4.69) is 0 Å². The predicted molar refractivity (Wildman–Crippen MR) is 138 cm³/mol. The monoisotopic (exact) mass is 498 g/mol. The summed E-state index contributed by atoms with van der Waals surface area (Å²) in [6, 6.07) is 30.9. The van der Waals surface area contributed by atoms with Crippen LogP contribution >= 0.6 is 0 Å². The Kier molecular flexibility index (Phi) is 6.40. The van der Waals surface area contributed by atoms with Gasteiger partial charge in [0, 0.05) is 22.8 Å². The second-order valence-corrected chi connectivity index (χ2v) is 10.3. The third-order valence-electron chi connectivity index (χ3n) is 6.02. The number of carbonyl (C=O) groups is 1. The highest BCUT2D eigenvalue weighted by Crippen LogP contribution is 2.31. The van der Waals surface area contributed by atoms with E-state index in [9.17, 15) is 17.6 Å². The van der Waals surface area contributed by atoms with Crippen molar-refractivity contribution < 1.29 is 17.6 Å². The van der Waals surface area contributed by atoms with Crippen molar-refractivity contribution in [1.82, 2.24) is 4.57 Å². The van der Waals surface area contributed by atoms with Crippen molar-refractivity contribution >= 4 is 32.3 Å². The van der Waals surface area contributed by atoms with E-state index in [1.165, 1.54) is 18.3 Å². The van der Waals surface area contributed by atoms with Crippen molar-refractivity contribution in [3.05, 3.63) is 127 Å². The number of rotatable bonds is 7. The first kappa shape index (κ1) is 23.5. The molecule has 0 atom stereocenters. The topological polar surface area (TPSA) is 59.4 Å². The average molecular weight is 499 g/mol. The van der Waals surface area contributed by atoms with Gasteiger partial charge in [0.1, 0.15) is 12.4 Å². The summed E-state index contributed by atoms with van der Waals surface area (Å²) in [7, 11) is -3.93. The van der Waals surface area contributed by atoms with E-state index >= 15 is 0 Å². The molecule has 0 radical (unpaired) electrons. The highest BCUT2D eigenvalue weighted by atomic mass is 32.2. The molecule has 5 aromatic rings. The number of benzene rings is 4. The number of anilines is 1. The Bertz CT molecular complexity index is 1610. The van der Waals surface area contributed by atoms with E-state index in [1.54, 1.807) is 33.7 Å². The average Bonchev–Trinajstić information content (AvgIpc) is 3.28. The molecule has 1 amide bonds. The van der Waals surface area contributed by atoms with Crippen LogP contribution in [0.3, 0.4) is 0 Å². The number of sulfone groups is 1. The van der Waals surface area contributed by atoms with Crippen molar-refractivity contribution in [2.45, 2.75) is 22.9 Å². The Balaban J connectivity index is 1.53. The van der Waals surface area contributed by atoms with Crippen molar-refractivity contribution in [3.8, 4) is 0 Å². The van der Waals surface area contributed by atoms with Gasteiger partial charge in [-0.05, 0) is 48.0 Å². The molecule has 1 heterocycles. The van der Waals surface area contributed by atoms with Crippen molar-refractivity contribution in [2.75, 3.05) is 4.90 Å². The van der Waals surface area contributed by atoms with Crippen LogP contribution in [-0.2, 0) is 27.7 Å². The summed E-state index contributed by atoms with van der Waals surface area (Å²) in [6.45, 7) is 0.324. The SMILES string of the molecule is O=C(Cn1cc(S(=O)(=O)c2ccc(F)cc2)c2ccccc21)N(Cc1ccccc1)c1ccccc1. The third-order valence-corrected chi connectivity index (χ3v) is 7.82. The summed E-state index contributed by atoms with van der Waals surface area (Å²) in [5.74, 6) is -0.696. The molecule has 0 saturated heterocycles. The highest BCUT2D eigenvalue weighted by molar-refractivity contribution is 7.91. The molecule has 5 rings (SSSR count). The molecule has 0 aliphatic rings. The van der Waals surface area contributed by atoms with Crippen LogP contribution < -0.4 is 4.90 Å². The van der Waals surface area contributed by atoms with E-state index in [0.717, 1.165) is 23.4 Å². The molecule has 7 heteroatoms. The summed E-state index contributed by atoms with van der Waals surface area (Å²) in [5, 5.41) is 0.504. The molecule has 0 N–H and O–H groups in total. The molecule has 0 unspecified atom stereocenters. The Morgan fingerprint density at radius 1 is 0.778 bits per heavy atom. The number of hydrogen-bond acceptors (Lipinski definition) is 3. The lowest BCUT2D eigenvalue weighted by Crippen LogP contribution is -2.33. The van der Waals surface area contributed by atoms with Gasteiger partial charge in [0.25, 0.3) is 0 Å². The van der Waals surface area contributed by atoms with Gasteiger partial charge in [-0.2, -0.15) is 0 Å². The fourth-order valence-corrected chi connectivity index (χ4v) is 5.70. The molecule has 0 aliphatic heterocycles. The zero-order chi connectivity index (χ0) is 25.1. The Labute approximate surface area is 209 Å². The van der Waals surface area contributed by atoms with Gasteiger partial charge >= 0.3 is 0 Å². The molecule has 0 bridgehead atoms. The lowest BCUT2D eigenvalue weighted by Gasteiger charge is -2.23. The van der Waals surface area contributed by atoms with E-state index in [1.807, 2.05) is 60.7 Å². The van der Waals surface area contributed by atoms with Crippen LogP contribution in [0, 0.1) is 5.82 Å². The highest BCUT2D eigenvalue weighted by Gasteiger charge is 2.25. The van der Waals surface area contributed by atoms with Gasteiger partial charge in [0.05, 0.1) is 16.3 Å². The number of para-hydroxylation sites is 2. The third kappa shape index (κ3) is 4.65. The maximum atomic E-state index is 13.6. The van der Waals surface area contributed by atoms with E-state index in [-0.39, 0.29) is 22.2 Å². The van der Waals surface area contributed by atoms with Crippen LogP contribution in [0.4, 0.5) is 10.1 Å². The molecule has 0 aliphatic carbocycles. The van der Waals surface area contributed by atoms with Crippen LogP contribution in [0.1, 0.15) is 5.56 Å². The Morgan fingerprint density at radius 3 is 2.08 bits per heavy atom. The number of amides is 1. The van der Waals surface area contributed by atoms with Crippen LogP contribution in [0.2, 0.25) is 0 Å². The van der Waals surface area contributed by atoms with E-state index in [4.69, 9.17) is 0 Å². The Hall–Kier alpha value is -4.23. The number of aromatic nitrogens is 1. The zero-order valence-electron chi connectivity index (χ0n) is 19.3. The summed E-state index contributed by atoms with van der Waals surface area (Å²) in [5.41, 5.74) is 2.35. The van der Waals surface area contributed by atoms with Crippen LogP contribution in [0.15, 0.2) is 125 Å². The van der Waals surface area contributed by atoms with Gasteiger partial charge in [0.2, 0.25) is 15.7 Å². The van der Waals surface area contributed by atoms with Crippen molar-refractivity contribution in [1.29, 1.82) is 0 Å². The molecule has 1 aromatic heterocycles. The number of hydrogen-bond donors (Lipinski definition) is 0. The summed E-state index contributed by atoms with van der Waals surface area (Å²) in [6.07, 6.45) is 1.49. The lowest BCUT2D eigenvalue weighted by molar-refractivity contribution is -0.119. The molecule has 4 aromatic carbocycles. The quantitative estimate of drug-likeness (QED) is 0.265. The second kappa shape index (κ2) is 9.79. The smallest absolute Gasteiger partial charge is 0.247 e. The first-order chi connectivity index (χ1) is 17.4. The molecule has 5 nitrogen and oxygen atoms in total. The van der Waals surface area contributed by atoms with Gasteiger partial charge in [-0.15, -0.1) is 0 Å². The molecular weight excluding hydrogens is 475 g/mol.